The maximum atomic E-state index is 12.1. The summed E-state index contributed by atoms with van der Waals surface area (Å²) in [4.78, 5) is 14.4. The molecule has 2 atom stereocenters. The molecule has 0 spiro atoms. The second kappa shape index (κ2) is 5.83. The number of rotatable bonds is 4. The van der Waals surface area contributed by atoms with Crippen LogP contribution in [0.4, 0.5) is 0 Å². The van der Waals surface area contributed by atoms with Crippen molar-refractivity contribution < 1.29 is 4.79 Å². The van der Waals surface area contributed by atoms with E-state index in [2.05, 4.69) is 37.9 Å². The number of hydrogen-bond acceptors (Lipinski definition) is 3. The largest absolute Gasteiger partial charge is 0.354 e. The molecule has 0 aromatic carbocycles. The van der Waals surface area contributed by atoms with Crippen molar-refractivity contribution in [1.82, 2.24) is 10.2 Å². The summed E-state index contributed by atoms with van der Waals surface area (Å²) in [6.07, 6.45) is 1.80. The molecule has 1 amide bonds. The van der Waals surface area contributed by atoms with Gasteiger partial charge >= 0.3 is 0 Å². The van der Waals surface area contributed by atoms with Crippen molar-refractivity contribution in [3.63, 3.8) is 0 Å². The monoisotopic (exact) mass is 241 g/mol. The van der Waals surface area contributed by atoms with Crippen molar-refractivity contribution in [2.75, 3.05) is 19.6 Å². The van der Waals surface area contributed by atoms with Crippen LogP contribution in [0, 0.1) is 5.41 Å². The van der Waals surface area contributed by atoms with Crippen LogP contribution in [0.1, 0.15) is 40.5 Å². The molecule has 17 heavy (non-hydrogen) atoms. The van der Waals surface area contributed by atoms with E-state index in [4.69, 9.17) is 5.73 Å². The fourth-order valence-electron chi connectivity index (χ4n) is 2.41. The average Bonchev–Trinajstić information content (AvgIpc) is 2.39. The number of nitrogens with two attached hydrogens (primary N) is 1. The molecule has 1 fully saturated rings. The lowest BCUT2D eigenvalue weighted by Crippen LogP contribution is -2.49. The van der Waals surface area contributed by atoms with Crippen molar-refractivity contribution in [3.05, 3.63) is 0 Å². The Morgan fingerprint density at radius 3 is 2.76 bits per heavy atom. The first-order chi connectivity index (χ1) is 7.91. The van der Waals surface area contributed by atoms with Gasteiger partial charge in [0.15, 0.2) is 0 Å². The third-order valence-corrected chi connectivity index (χ3v) is 3.65. The van der Waals surface area contributed by atoms with Crippen LogP contribution in [0.3, 0.4) is 0 Å². The second-order valence-corrected chi connectivity index (χ2v) is 5.90. The maximum absolute atomic E-state index is 12.1. The van der Waals surface area contributed by atoms with Gasteiger partial charge in [0.25, 0.3) is 0 Å². The number of hydrogen-bond donors (Lipinski definition) is 2. The Hall–Kier alpha value is -0.610. The topological polar surface area (TPSA) is 58.4 Å². The minimum absolute atomic E-state index is 0.0586. The highest BCUT2D eigenvalue weighted by Gasteiger charge is 2.36. The molecule has 0 aliphatic carbocycles. The van der Waals surface area contributed by atoms with E-state index in [1.165, 1.54) is 0 Å². The number of carbonyl (C=O) groups is 1. The fourth-order valence-corrected chi connectivity index (χ4v) is 2.41. The number of nitrogens with one attached hydrogen (secondary N) is 1. The average molecular weight is 241 g/mol. The van der Waals surface area contributed by atoms with Crippen LogP contribution in [0.5, 0.6) is 0 Å². The SMILES string of the molecule is CCC(C)N1CC(C)(C)CNC(=O)C1CCN. The smallest absolute Gasteiger partial charge is 0.237 e. The summed E-state index contributed by atoms with van der Waals surface area (Å²) >= 11 is 0. The Bertz CT molecular complexity index is 265. The Balaban J connectivity index is 2.91. The van der Waals surface area contributed by atoms with Gasteiger partial charge in [0.2, 0.25) is 5.91 Å². The van der Waals surface area contributed by atoms with Crippen molar-refractivity contribution in [2.24, 2.45) is 11.1 Å². The summed E-state index contributed by atoms with van der Waals surface area (Å²) in [5.74, 6) is 0.140. The summed E-state index contributed by atoms with van der Waals surface area (Å²) in [6, 6.07) is 0.367. The first-order valence-electron chi connectivity index (χ1n) is 6.65. The lowest BCUT2D eigenvalue weighted by molar-refractivity contribution is -0.126. The molecule has 2 unspecified atom stereocenters. The molecule has 3 N–H and O–H groups in total. The summed E-state index contributed by atoms with van der Waals surface area (Å²) in [5, 5.41) is 3.04. The van der Waals surface area contributed by atoms with Crippen LogP contribution < -0.4 is 11.1 Å². The van der Waals surface area contributed by atoms with E-state index in [1.807, 2.05) is 0 Å². The van der Waals surface area contributed by atoms with E-state index in [0.717, 1.165) is 25.9 Å². The molecule has 100 valence electrons. The van der Waals surface area contributed by atoms with Gasteiger partial charge in [-0.3, -0.25) is 9.69 Å². The number of carbonyl (C=O) groups excluding carboxylic acids is 1. The van der Waals surface area contributed by atoms with Crippen LogP contribution in [-0.4, -0.2) is 42.5 Å². The van der Waals surface area contributed by atoms with E-state index < -0.39 is 0 Å². The number of amides is 1. The summed E-state index contributed by atoms with van der Waals surface area (Å²) < 4.78 is 0. The highest BCUT2D eigenvalue weighted by molar-refractivity contribution is 5.82. The van der Waals surface area contributed by atoms with Crippen LogP contribution in [0.15, 0.2) is 0 Å². The molecule has 1 saturated heterocycles. The molecule has 1 heterocycles. The van der Waals surface area contributed by atoms with Crippen LogP contribution in [-0.2, 0) is 4.79 Å². The van der Waals surface area contributed by atoms with Crippen LogP contribution >= 0.6 is 0 Å². The molecule has 4 nitrogen and oxygen atoms in total. The Morgan fingerprint density at radius 1 is 1.59 bits per heavy atom. The van der Waals surface area contributed by atoms with E-state index in [0.29, 0.717) is 12.6 Å². The van der Waals surface area contributed by atoms with Gasteiger partial charge in [-0.25, -0.2) is 0 Å². The van der Waals surface area contributed by atoms with Crippen molar-refractivity contribution >= 4 is 5.91 Å². The molecule has 0 radical (unpaired) electrons. The Morgan fingerprint density at radius 2 is 2.24 bits per heavy atom. The van der Waals surface area contributed by atoms with Crippen molar-refractivity contribution in [3.8, 4) is 0 Å². The third kappa shape index (κ3) is 3.68. The summed E-state index contributed by atoms with van der Waals surface area (Å²) in [7, 11) is 0. The van der Waals surface area contributed by atoms with Gasteiger partial charge in [0.1, 0.15) is 0 Å². The highest BCUT2D eigenvalue weighted by Crippen LogP contribution is 2.24. The van der Waals surface area contributed by atoms with Gasteiger partial charge in [-0.05, 0) is 31.7 Å². The second-order valence-electron chi connectivity index (χ2n) is 5.90. The Labute approximate surface area is 105 Å². The zero-order chi connectivity index (χ0) is 13.1. The predicted octanol–water partition coefficient (Wildman–Crippen LogP) is 0.960. The lowest BCUT2D eigenvalue weighted by Gasteiger charge is -2.36. The first-order valence-corrected chi connectivity index (χ1v) is 6.65. The number of nitrogens with zero attached hydrogens (tertiary/aromatic N) is 1. The zero-order valence-electron chi connectivity index (χ0n) is 11.6. The molecular formula is C13H27N3O. The molecule has 0 saturated carbocycles. The molecule has 1 aliphatic heterocycles. The van der Waals surface area contributed by atoms with Crippen molar-refractivity contribution in [2.45, 2.75) is 52.6 Å². The van der Waals surface area contributed by atoms with Crippen molar-refractivity contribution in [1.29, 1.82) is 0 Å². The summed E-state index contributed by atoms with van der Waals surface area (Å²) in [6.45, 7) is 11.0. The molecule has 1 rings (SSSR count). The fraction of sp³-hybridized carbons (Fsp3) is 0.923. The molecule has 4 heteroatoms. The third-order valence-electron chi connectivity index (χ3n) is 3.65. The normalized spacial score (nSPS) is 27.4. The van der Waals surface area contributed by atoms with Crippen LogP contribution in [0.25, 0.3) is 0 Å². The zero-order valence-corrected chi connectivity index (χ0v) is 11.6. The molecule has 0 bridgehead atoms. The van der Waals surface area contributed by atoms with E-state index in [-0.39, 0.29) is 17.4 Å². The highest BCUT2D eigenvalue weighted by atomic mass is 16.2. The molecular weight excluding hydrogens is 214 g/mol. The predicted molar refractivity (Wildman–Crippen MR) is 70.7 cm³/mol. The van der Waals surface area contributed by atoms with Gasteiger partial charge in [0.05, 0.1) is 6.04 Å². The first kappa shape index (κ1) is 14.5. The van der Waals surface area contributed by atoms with E-state index in [9.17, 15) is 4.79 Å². The van der Waals surface area contributed by atoms with Gasteiger partial charge in [-0.2, -0.15) is 0 Å². The Kier molecular flexibility index (Phi) is 4.95. The minimum Gasteiger partial charge on any atom is -0.354 e. The molecule has 0 aromatic rings. The summed E-state index contributed by atoms with van der Waals surface area (Å²) in [5.41, 5.74) is 5.76. The molecule has 1 aliphatic rings. The van der Waals surface area contributed by atoms with E-state index in [1.54, 1.807) is 0 Å². The maximum Gasteiger partial charge on any atom is 0.237 e. The quantitative estimate of drug-likeness (QED) is 0.771. The minimum atomic E-state index is -0.0586. The van der Waals surface area contributed by atoms with E-state index >= 15 is 0 Å². The van der Waals surface area contributed by atoms with Gasteiger partial charge in [-0.1, -0.05) is 20.8 Å². The standard InChI is InChI=1S/C13H27N3O/c1-5-10(2)16-9-13(3,4)8-15-12(17)11(16)6-7-14/h10-11H,5-9,14H2,1-4H3,(H,15,17). The van der Waals surface area contributed by atoms with Gasteiger partial charge < -0.3 is 11.1 Å². The van der Waals surface area contributed by atoms with Gasteiger partial charge in [0, 0.05) is 19.1 Å². The molecule has 0 aromatic heterocycles. The lowest BCUT2D eigenvalue weighted by atomic mass is 9.92. The van der Waals surface area contributed by atoms with Gasteiger partial charge in [-0.15, -0.1) is 0 Å². The van der Waals surface area contributed by atoms with Crippen LogP contribution in [0.2, 0.25) is 0 Å².